The molecule has 13 heteroatoms. The molecule has 1 unspecified atom stereocenters. The van der Waals surface area contributed by atoms with E-state index in [2.05, 4.69) is 23.8 Å². The maximum absolute atomic E-state index is 13.3. The Morgan fingerprint density at radius 1 is 0.870 bits per heavy atom. The van der Waals surface area contributed by atoms with E-state index in [1.807, 2.05) is 17.9 Å². The molecule has 2 fully saturated rings. The van der Waals surface area contributed by atoms with Crippen molar-refractivity contribution in [1.82, 2.24) is 9.80 Å². The van der Waals surface area contributed by atoms with Gasteiger partial charge in [0.15, 0.2) is 16.9 Å². The van der Waals surface area contributed by atoms with Crippen LogP contribution < -0.4 is 24.8 Å². The fourth-order valence-electron chi connectivity index (χ4n) is 6.72. The van der Waals surface area contributed by atoms with Gasteiger partial charge in [-0.25, -0.2) is 0 Å². The minimum Gasteiger partial charge on any atom is -0.493 e. The molecule has 0 aliphatic carbocycles. The Balaban J connectivity index is 1.03. The Labute approximate surface area is 269 Å². The number of nitrogens with zero attached hydrogens (tertiary/aromatic N) is 2. The number of anilines is 2. The van der Waals surface area contributed by atoms with Gasteiger partial charge in [0.2, 0.25) is 0 Å². The Kier molecular flexibility index (Phi) is 8.64. The van der Waals surface area contributed by atoms with E-state index in [1.165, 1.54) is 4.90 Å². The summed E-state index contributed by atoms with van der Waals surface area (Å²) in [6.07, 6.45) is 3.39. The second kappa shape index (κ2) is 12.5. The van der Waals surface area contributed by atoms with Crippen LogP contribution in [0, 0.1) is 6.92 Å². The summed E-state index contributed by atoms with van der Waals surface area (Å²) in [5.41, 5.74) is 4.46. The second-order valence-corrected chi connectivity index (χ2v) is 14.0. The van der Waals surface area contributed by atoms with E-state index in [4.69, 9.17) is 14.2 Å². The number of hydrogen-bond donors (Lipinski definition) is 3. The molecule has 0 saturated carbocycles. The Hall–Kier alpha value is -4.23. The summed E-state index contributed by atoms with van der Waals surface area (Å²) in [5.74, 6) is 1.25. The van der Waals surface area contributed by atoms with E-state index >= 15 is 0 Å². The summed E-state index contributed by atoms with van der Waals surface area (Å²) in [7, 11) is -2.96. The fraction of sp³-hybridized carbons (Fsp3) is 0.455. The molecule has 4 heterocycles. The van der Waals surface area contributed by atoms with Crippen molar-refractivity contribution in [3.05, 3.63) is 65.3 Å². The molecule has 0 bridgehead atoms. The number of ether oxygens (including phenoxy) is 3. The van der Waals surface area contributed by atoms with Crippen LogP contribution in [0.2, 0.25) is 0 Å². The van der Waals surface area contributed by atoms with Crippen molar-refractivity contribution in [3.63, 3.8) is 0 Å². The summed E-state index contributed by atoms with van der Waals surface area (Å²) in [5, 5.41) is 4.91. The van der Waals surface area contributed by atoms with E-state index in [9.17, 15) is 22.6 Å². The normalized spacial score (nSPS) is 22.2. The zero-order valence-electron chi connectivity index (χ0n) is 26.1. The van der Waals surface area contributed by atoms with Gasteiger partial charge in [0.05, 0.1) is 54.9 Å². The van der Waals surface area contributed by atoms with Crippen LogP contribution >= 0.6 is 0 Å². The highest BCUT2D eigenvalue weighted by Gasteiger charge is 2.45. The smallest absolute Gasteiger partial charge is 0.288 e. The third kappa shape index (κ3) is 6.13. The van der Waals surface area contributed by atoms with Crippen molar-refractivity contribution in [1.29, 1.82) is 0 Å². The van der Waals surface area contributed by atoms with Gasteiger partial charge in [0.25, 0.3) is 21.9 Å². The summed E-state index contributed by atoms with van der Waals surface area (Å²) in [4.78, 5) is 29.9. The molecular weight excluding hydrogens is 612 g/mol. The molecule has 2 aromatic rings. The number of fused-ring (bicyclic) bond motifs is 4. The van der Waals surface area contributed by atoms with E-state index in [0.717, 1.165) is 48.1 Å². The maximum Gasteiger partial charge on any atom is 0.288 e. The molecule has 2 saturated heterocycles. The SMILES string of the molecule is C=C1C[C@H]2CNc3cc(OCCCCCOc4cc5c(cc4C)C(=O)N4CC(=C)C[C@H]4C(S(=O)(=O)O)N5)c(OC)cc3C(=O)N2C1. The van der Waals surface area contributed by atoms with Crippen LogP contribution in [-0.2, 0) is 10.1 Å². The summed E-state index contributed by atoms with van der Waals surface area (Å²) in [6, 6.07) is 6.23. The molecule has 3 N–H and O–H groups in total. The fourth-order valence-corrected chi connectivity index (χ4v) is 7.64. The van der Waals surface area contributed by atoms with Gasteiger partial charge in [-0.05, 0) is 56.7 Å². The number of aryl methyl sites for hydroxylation is 1. The van der Waals surface area contributed by atoms with Crippen LogP contribution in [0.1, 0.15) is 58.4 Å². The largest absolute Gasteiger partial charge is 0.493 e. The molecule has 3 atom stereocenters. The van der Waals surface area contributed by atoms with Crippen molar-refractivity contribution in [2.45, 2.75) is 56.5 Å². The van der Waals surface area contributed by atoms with E-state index in [-0.39, 0.29) is 30.8 Å². The number of amides is 2. The minimum atomic E-state index is -4.51. The van der Waals surface area contributed by atoms with Gasteiger partial charge < -0.3 is 34.6 Å². The lowest BCUT2D eigenvalue weighted by Gasteiger charge is -2.26. The lowest BCUT2D eigenvalue weighted by Crippen LogP contribution is -2.47. The molecule has 6 rings (SSSR count). The first-order valence-electron chi connectivity index (χ1n) is 15.5. The molecule has 246 valence electrons. The van der Waals surface area contributed by atoms with Crippen LogP contribution in [-0.4, -0.2) is 92.0 Å². The van der Waals surface area contributed by atoms with Crippen molar-refractivity contribution in [2.24, 2.45) is 0 Å². The monoisotopic (exact) mass is 652 g/mol. The van der Waals surface area contributed by atoms with Gasteiger partial charge in [-0.3, -0.25) is 14.1 Å². The summed E-state index contributed by atoms with van der Waals surface area (Å²) >= 11 is 0. The quantitative estimate of drug-likeness (QED) is 0.194. The van der Waals surface area contributed by atoms with Gasteiger partial charge in [-0.15, -0.1) is 0 Å². The average molecular weight is 653 g/mol. The number of carbonyl (C=O) groups excluding carboxylic acids is 2. The molecule has 46 heavy (non-hydrogen) atoms. The first-order chi connectivity index (χ1) is 21.9. The van der Waals surface area contributed by atoms with Gasteiger partial charge in [0.1, 0.15) is 5.75 Å². The number of hydrogen-bond acceptors (Lipinski definition) is 9. The van der Waals surface area contributed by atoms with Gasteiger partial charge in [-0.2, -0.15) is 8.42 Å². The number of methoxy groups -OCH3 is 1. The zero-order valence-corrected chi connectivity index (χ0v) is 27.0. The number of rotatable bonds is 10. The molecule has 2 amide bonds. The molecule has 4 aliphatic heterocycles. The molecule has 2 aromatic carbocycles. The molecule has 0 spiro atoms. The first-order valence-corrected chi connectivity index (χ1v) is 17.0. The van der Waals surface area contributed by atoms with E-state index < -0.39 is 21.5 Å². The summed E-state index contributed by atoms with van der Waals surface area (Å²) in [6.45, 7) is 12.1. The molecule has 4 aliphatic rings. The lowest BCUT2D eigenvalue weighted by atomic mass is 10.1. The number of benzene rings is 2. The molecule has 0 aromatic heterocycles. The maximum atomic E-state index is 13.3. The van der Waals surface area contributed by atoms with Crippen LogP contribution in [0.15, 0.2) is 48.6 Å². The lowest BCUT2D eigenvalue weighted by molar-refractivity contribution is 0.0740. The number of carbonyl (C=O) groups is 2. The summed E-state index contributed by atoms with van der Waals surface area (Å²) < 4.78 is 52.2. The van der Waals surface area contributed by atoms with E-state index in [0.29, 0.717) is 60.4 Å². The standard InChI is InChI=1S/C33H40N4O8S/c1-19-10-22-16-34-25-14-30(29(43-4)13-24(25)32(38)36(22)17-19)45-9-7-5-6-8-44-28-15-26-23(12-21(28)3)33(39)37-18-20(2)11-27(37)31(35-26)46(40,41)42/h12-15,22,27,31,34-35H,1-2,5-11,16-18H2,3-4H3,(H,40,41,42)/t22-,27-,31?/m0/s1. The molecule has 0 radical (unpaired) electrons. The van der Waals surface area contributed by atoms with Crippen molar-refractivity contribution >= 4 is 33.3 Å². The van der Waals surface area contributed by atoms with Crippen molar-refractivity contribution < 1.29 is 36.8 Å². The van der Waals surface area contributed by atoms with Crippen LogP contribution in [0.25, 0.3) is 0 Å². The zero-order chi connectivity index (χ0) is 32.7. The van der Waals surface area contributed by atoms with Crippen LogP contribution in [0.5, 0.6) is 17.2 Å². The van der Waals surface area contributed by atoms with Gasteiger partial charge in [0, 0.05) is 31.8 Å². The van der Waals surface area contributed by atoms with Gasteiger partial charge >= 0.3 is 0 Å². The van der Waals surface area contributed by atoms with Crippen LogP contribution in [0.4, 0.5) is 11.4 Å². The minimum absolute atomic E-state index is 0.0366. The number of nitrogens with one attached hydrogen (secondary N) is 2. The Morgan fingerprint density at radius 3 is 2.22 bits per heavy atom. The van der Waals surface area contributed by atoms with Crippen LogP contribution in [0.3, 0.4) is 0 Å². The average Bonchev–Trinajstić information content (AvgIpc) is 3.52. The molecule has 12 nitrogen and oxygen atoms in total. The third-order valence-corrected chi connectivity index (χ3v) is 10.1. The third-order valence-electron chi connectivity index (χ3n) is 9.05. The van der Waals surface area contributed by atoms with Crippen molar-refractivity contribution in [3.8, 4) is 17.2 Å². The van der Waals surface area contributed by atoms with E-state index in [1.54, 1.807) is 25.3 Å². The predicted octanol–water partition coefficient (Wildman–Crippen LogP) is 4.24. The predicted molar refractivity (Wildman–Crippen MR) is 174 cm³/mol. The highest BCUT2D eigenvalue weighted by Crippen LogP contribution is 2.39. The van der Waals surface area contributed by atoms with Gasteiger partial charge in [-0.1, -0.05) is 24.3 Å². The first kappa shape index (κ1) is 31.7. The highest BCUT2D eigenvalue weighted by molar-refractivity contribution is 7.86. The topological polar surface area (TPSA) is 147 Å². The second-order valence-electron chi connectivity index (χ2n) is 12.4. The Bertz CT molecular complexity index is 1710. The van der Waals surface area contributed by atoms with Crippen molar-refractivity contribution in [2.75, 3.05) is 50.6 Å². The molecular formula is C33H40N4O8S. The number of unbranched alkanes of at least 4 members (excludes halogenated alkanes) is 2. The highest BCUT2D eigenvalue weighted by atomic mass is 32.2. The Morgan fingerprint density at radius 2 is 1.50 bits per heavy atom.